The van der Waals surface area contributed by atoms with Gasteiger partial charge in [-0.3, -0.25) is 14.5 Å². The third kappa shape index (κ3) is 3.88. The highest BCUT2D eigenvalue weighted by molar-refractivity contribution is 9.10. The van der Waals surface area contributed by atoms with Crippen LogP contribution in [0.5, 0.6) is 5.75 Å². The molecular weight excluding hydrogens is 390 g/mol. The summed E-state index contributed by atoms with van der Waals surface area (Å²) in [5.41, 5.74) is 0.864. The number of amides is 2. The maximum atomic E-state index is 12.4. The largest absolute Gasteiger partial charge is 0.492 e. The average molecular weight is 404 g/mol. The highest BCUT2D eigenvalue weighted by Crippen LogP contribution is 2.33. The molecule has 0 saturated carbocycles. The monoisotopic (exact) mass is 403 g/mol. The van der Waals surface area contributed by atoms with E-state index in [9.17, 15) is 9.59 Å². The van der Waals surface area contributed by atoms with Crippen molar-refractivity contribution in [2.24, 2.45) is 0 Å². The molecule has 1 heterocycles. The number of thioether (sulfide) groups is 1. The lowest BCUT2D eigenvalue weighted by atomic mass is 10.2. The molecule has 1 fully saturated rings. The Bertz CT molecular complexity index is 792. The zero-order valence-corrected chi connectivity index (χ0v) is 15.0. The molecule has 1 aliphatic heterocycles. The Morgan fingerprint density at radius 1 is 1.04 bits per heavy atom. The molecule has 0 spiro atoms. The van der Waals surface area contributed by atoms with Crippen molar-refractivity contribution < 1.29 is 14.3 Å². The van der Waals surface area contributed by atoms with E-state index in [1.807, 2.05) is 54.6 Å². The number of nitrogens with zero attached hydrogens (tertiary/aromatic N) is 1. The van der Waals surface area contributed by atoms with Gasteiger partial charge in [-0.1, -0.05) is 52.3 Å². The van der Waals surface area contributed by atoms with E-state index >= 15 is 0 Å². The van der Waals surface area contributed by atoms with Crippen molar-refractivity contribution in [3.63, 3.8) is 0 Å². The number of carbonyl (C=O) groups excluding carboxylic acids is 2. The van der Waals surface area contributed by atoms with Crippen molar-refractivity contribution >= 4 is 44.9 Å². The molecule has 24 heavy (non-hydrogen) atoms. The van der Waals surface area contributed by atoms with E-state index in [1.165, 1.54) is 4.90 Å². The van der Waals surface area contributed by atoms with Crippen molar-refractivity contribution in [3.05, 3.63) is 69.5 Å². The van der Waals surface area contributed by atoms with Crippen LogP contribution in [-0.2, 0) is 4.79 Å². The third-order valence-corrected chi connectivity index (χ3v) is 5.02. The van der Waals surface area contributed by atoms with Crippen molar-refractivity contribution in [2.45, 2.75) is 0 Å². The predicted molar refractivity (Wildman–Crippen MR) is 98.8 cm³/mol. The first-order valence-corrected chi connectivity index (χ1v) is 8.94. The Balaban J connectivity index is 1.65. The van der Waals surface area contributed by atoms with Crippen LogP contribution in [0.25, 0.3) is 6.08 Å². The van der Waals surface area contributed by atoms with Crippen LogP contribution >= 0.6 is 27.7 Å². The fourth-order valence-electron chi connectivity index (χ4n) is 2.20. The minimum Gasteiger partial charge on any atom is -0.492 e. The van der Waals surface area contributed by atoms with E-state index in [0.717, 1.165) is 21.8 Å². The fraction of sp³-hybridized carbons (Fsp3) is 0.111. The van der Waals surface area contributed by atoms with Gasteiger partial charge >= 0.3 is 0 Å². The molecule has 2 aromatic carbocycles. The van der Waals surface area contributed by atoms with Gasteiger partial charge in [0.1, 0.15) is 12.4 Å². The van der Waals surface area contributed by atoms with Gasteiger partial charge in [0, 0.05) is 4.47 Å². The van der Waals surface area contributed by atoms with Gasteiger partial charge in [-0.2, -0.15) is 0 Å². The van der Waals surface area contributed by atoms with E-state index in [2.05, 4.69) is 15.9 Å². The predicted octanol–water partition coefficient (Wildman–Crippen LogP) is 4.56. The number of imide groups is 1. The molecule has 1 aliphatic rings. The summed E-state index contributed by atoms with van der Waals surface area (Å²) in [4.78, 5) is 26.1. The number of rotatable bonds is 5. The maximum Gasteiger partial charge on any atom is 0.293 e. The van der Waals surface area contributed by atoms with Gasteiger partial charge in [-0.05, 0) is 41.6 Å². The molecule has 122 valence electrons. The first kappa shape index (κ1) is 16.8. The molecule has 6 heteroatoms. The van der Waals surface area contributed by atoms with Gasteiger partial charge in [0.15, 0.2) is 0 Å². The standard InChI is InChI=1S/C18H14BrNO3S/c19-15-9-5-4-6-13(15)12-16-17(21)20(18(22)24-16)10-11-23-14-7-2-1-3-8-14/h1-9,12H,10-11H2/b16-12-. The molecule has 3 rings (SSSR count). The van der Waals surface area contributed by atoms with Crippen LogP contribution in [0.4, 0.5) is 4.79 Å². The highest BCUT2D eigenvalue weighted by atomic mass is 79.9. The molecule has 0 radical (unpaired) electrons. The lowest BCUT2D eigenvalue weighted by molar-refractivity contribution is -0.123. The summed E-state index contributed by atoms with van der Waals surface area (Å²) in [5.74, 6) is 0.436. The van der Waals surface area contributed by atoms with E-state index in [4.69, 9.17) is 4.74 Å². The Labute approximate surface area is 152 Å². The summed E-state index contributed by atoms with van der Waals surface area (Å²) in [6.45, 7) is 0.497. The molecule has 0 N–H and O–H groups in total. The summed E-state index contributed by atoms with van der Waals surface area (Å²) in [7, 11) is 0. The summed E-state index contributed by atoms with van der Waals surface area (Å²) < 4.78 is 6.43. The molecule has 0 unspecified atom stereocenters. The summed E-state index contributed by atoms with van der Waals surface area (Å²) in [6, 6.07) is 16.9. The zero-order valence-electron chi connectivity index (χ0n) is 12.6. The second kappa shape index (κ2) is 7.68. The number of para-hydroxylation sites is 1. The zero-order chi connectivity index (χ0) is 16.9. The van der Waals surface area contributed by atoms with Crippen LogP contribution in [0, 0.1) is 0 Å². The normalized spacial score (nSPS) is 16.0. The van der Waals surface area contributed by atoms with E-state index in [1.54, 1.807) is 6.08 Å². The van der Waals surface area contributed by atoms with Crippen molar-refractivity contribution in [2.75, 3.05) is 13.2 Å². The Morgan fingerprint density at radius 2 is 1.75 bits per heavy atom. The van der Waals surface area contributed by atoms with Gasteiger partial charge < -0.3 is 4.74 Å². The van der Waals surface area contributed by atoms with Gasteiger partial charge in [0.2, 0.25) is 0 Å². The van der Waals surface area contributed by atoms with E-state index in [-0.39, 0.29) is 24.3 Å². The fourth-order valence-corrected chi connectivity index (χ4v) is 3.45. The van der Waals surface area contributed by atoms with Gasteiger partial charge in [-0.15, -0.1) is 0 Å². The average Bonchev–Trinajstić information content (AvgIpc) is 2.85. The highest BCUT2D eigenvalue weighted by Gasteiger charge is 2.34. The van der Waals surface area contributed by atoms with Crippen LogP contribution in [0.15, 0.2) is 64.0 Å². The summed E-state index contributed by atoms with van der Waals surface area (Å²) in [6.07, 6.45) is 1.73. The Hall–Kier alpha value is -2.05. The van der Waals surface area contributed by atoms with Crippen LogP contribution in [-0.4, -0.2) is 29.2 Å². The molecular formula is C18H14BrNO3S. The number of benzene rings is 2. The van der Waals surface area contributed by atoms with Crippen molar-refractivity contribution in [1.29, 1.82) is 0 Å². The molecule has 1 saturated heterocycles. The summed E-state index contributed by atoms with van der Waals surface area (Å²) in [5, 5.41) is -0.269. The maximum absolute atomic E-state index is 12.4. The second-order valence-corrected chi connectivity index (χ2v) is 6.86. The second-order valence-electron chi connectivity index (χ2n) is 5.02. The third-order valence-electron chi connectivity index (χ3n) is 3.39. The van der Waals surface area contributed by atoms with Gasteiger partial charge in [-0.25, -0.2) is 0 Å². The minimum absolute atomic E-state index is 0.229. The first-order valence-electron chi connectivity index (χ1n) is 7.33. The van der Waals surface area contributed by atoms with Crippen LogP contribution < -0.4 is 4.74 Å². The van der Waals surface area contributed by atoms with Crippen molar-refractivity contribution in [3.8, 4) is 5.75 Å². The van der Waals surface area contributed by atoms with Crippen LogP contribution in [0.3, 0.4) is 0 Å². The van der Waals surface area contributed by atoms with Gasteiger partial charge in [0.05, 0.1) is 11.4 Å². The number of carbonyl (C=O) groups is 2. The topological polar surface area (TPSA) is 46.6 Å². The lowest BCUT2D eigenvalue weighted by Crippen LogP contribution is -2.32. The smallest absolute Gasteiger partial charge is 0.293 e. The quantitative estimate of drug-likeness (QED) is 0.686. The molecule has 4 nitrogen and oxygen atoms in total. The number of ether oxygens (including phenoxy) is 1. The molecule has 0 aliphatic carbocycles. The number of hydrogen-bond acceptors (Lipinski definition) is 4. The number of halogens is 1. The molecule has 2 aromatic rings. The molecule has 0 atom stereocenters. The Morgan fingerprint density at radius 3 is 2.50 bits per heavy atom. The molecule has 0 bridgehead atoms. The van der Waals surface area contributed by atoms with Crippen LogP contribution in [0.2, 0.25) is 0 Å². The lowest BCUT2D eigenvalue weighted by Gasteiger charge is -2.13. The Kier molecular flexibility index (Phi) is 5.37. The van der Waals surface area contributed by atoms with E-state index < -0.39 is 0 Å². The summed E-state index contributed by atoms with van der Waals surface area (Å²) >= 11 is 4.39. The van der Waals surface area contributed by atoms with Gasteiger partial charge in [0.25, 0.3) is 11.1 Å². The first-order chi connectivity index (χ1) is 11.6. The van der Waals surface area contributed by atoms with E-state index in [0.29, 0.717) is 10.7 Å². The SMILES string of the molecule is O=C1S/C(=C\c2ccccc2Br)C(=O)N1CCOc1ccccc1. The van der Waals surface area contributed by atoms with Crippen LogP contribution in [0.1, 0.15) is 5.56 Å². The number of hydrogen-bond donors (Lipinski definition) is 0. The minimum atomic E-state index is -0.280. The van der Waals surface area contributed by atoms with Crippen molar-refractivity contribution in [1.82, 2.24) is 4.90 Å². The molecule has 2 amide bonds. The molecule has 0 aromatic heterocycles.